The van der Waals surface area contributed by atoms with Crippen LogP contribution in [0.25, 0.3) is 0 Å². The van der Waals surface area contributed by atoms with Crippen LogP contribution < -0.4 is 0 Å². The minimum Gasteiger partial charge on any atom is -0.481 e. The van der Waals surface area contributed by atoms with E-state index in [1.807, 2.05) is 37.6 Å². The molecule has 0 spiro atoms. The molecule has 2 atom stereocenters. The molecule has 0 bridgehead atoms. The molecule has 2 rings (SSSR count). The topological polar surface area (TPSA) is 75.4 Å². The van der Waals surface area contributed by atoms with E-state index in [2.05, 4.69) is 5.10 Å². The smallest absolute Gasteiger partial charge is 0.307 e. The normalized spacial score (nSPS) is 20.5. The number of rotatable bonds is 5. The van der Waals surface area contributed by atoms with Gasteiger partial charge < -0.3 is 10.0 Å². The molecule has 1 aliphatic carbocycles. The van der Waals surface area contributed by atoms with Crippen LogP contribution in [0.2, 0.25) is 0 Å². The van der Waals surface area contributed by atoms with Crippen molar-refractivity contribution in [1.29, 1.82) is 0 Å². The van der Waals surface area contributed by atoms with Crippen LogP contribution in [0, 0.1) is 25.7 Å². The number of nitrogens with zero attached hydrogens (tertiary/aromatic N) is 3. The van der Waals surface area contributed by atoms with Crippen molar-refractivity contribution in [3.05, 3.63) is 29.1 Å². The number of carbonyl (C=O) groups excluding carboxylic acids is 1. The van der Waals surface area contributed by atoms with Crippen LogP contribution in [0.4, 0.5) is 0 Å². The van der Waals surface area contributed by atoms with Crippen LogP contribution in [0.5, 0.6) is 0 Å². The Morgan fingerprint density at radius 1 is 1.30 bits per heavy atom. The summed E-state index contributed by atoms with van der Waals surface area (Å²) in [6.07, 6.45) is 4.67. The standard InChI is InChI=1S/C17H25N3O3/c1-5-20-12(3)15(11(2)18-20)10-19(4)16(21)13-8-6-7-9-14(13)17(22)23/h6-7,13-14H,5,8-10H2,1-4H3,(H,22,23)/t13-,14+/m1/s1. The van der Waals surface area contributed by atoms with Crippen molar-refractivity contribution in [3.8, 4) is 0 Å². The molecule has 1 N–H and O–H groups in total. The van der Waals surface area contributed by atoms with Gasteiger partial charge in [0, 0.05) is 31.4 Å². The predicted molar refractivity (Wildman–Crippen MR) is 86.8 cm³/mol. The Balaban J connectivity index is 2.15. The Bertz CT molecular complexity index is 633. The molecule has 1 aromatic rings. The van der Waals surface area contributed by atoms with E-state index in [0.29, 0.717) is 19.4 Å². The Hall–Kier alpha value is -2.11. The van der Waals surface area contributed by atoms with Gasteiger partial charge in [-0.2, -0.15) is 5.10 Å². The summed E-state index contributed by atoms with van der Waals surface area (Å²) in [5.41, 5.74) is 3.02. The van der Waals surface area contributed by atoms with E-state index in [-0.39, 0.29) is 5.91 Å². The molecular formula is C17H25N3O3. The van der Waals surface area contributed by atoms with Crippen LogP contribution in [0.3, 0.4) is 0 Å². The number of hydrogen-bond donors (Lipinski definition) is 1. The van der Waals surface area contributed by atoms with E-state index in [1.54, 1.807) is 11.9 Å². The van der Waals surface area contributed by atoms with Gasteiger partial charge in [0.1, 0.15) is 0 Å². The van der Waals surface area contributed by atoms with Gasteiger partial charge in [0.25, 0.3) is 0 Å². The zero-order valence-electron chi connectivity index (χ0n) is 14.2. The number of carboxylic acid groups (broad SMARTS) is 1. The molecule has 0 aliphatic heterocycles. The van der Waals surface area contributed by atoms with Crippen molar-refractivity contribution in [3.63, 3.8) is 0 Å². The van der Waals surface area contributed by atoms with Gasteiger partial charge in [0.2, 0.25) is 5.91 Å². The molecule has 6 nitrogen and oxygen atoms in total. The molecule has 0 fully saturated rings. The first-order valence-electron chi connectivity index (χ1n) is 8.02. The molecule has 1 aliphatic rings. The summed E-state index contributed by atoms with van der Waals surface area (Å²) >= 11 is 0. The molecule has 23 heavy (non-hydrogen) atoms. The Morgan fingerprint density at radius 3 is 2.43 bits per heavy atom. The van der Waals surface area contributed by atoms with E-state index < -0.39 is 17.8 Å². The third kappa shape index (κ3) is 3.46. The highest BCUT2D eigenvalue weighted by Gasteiger charge is 2.35. The Morgan fingerprint density at radius 2 is 1.91 bits per heavy atom. The fourth-order valence-corrected chi connectivity index (χ4v) is 3.23. The lowest BCUT2D eigenvalue weighted by molar-refractivity contribution is -0.150. The monoisotopic (exact) mass is 319 g/mol. The number of carboxylic acids is 1. The molecule has 6 heteroatoms. The minimum atomic E-state index is -0.896. The molecule has 0 saturated heterocycles. The fraction of sp³-hybridized carbons (Fsp3) is 0.588. The van der Waals surface area contributed by atoms with E-state index >= 15 is 0 Å². The molecular weight excluding hydrogens is 294 g/mol. The molecule has 0 radical (unpaired) electrons. The van der Waals surface area contributed by atoms with Gasteiger partial charge in [-0.25, -0.2) is 0 Å². The van der Waals surface area contributed by atoms with Crippen molar-refractivity contribution in [2.24, 2.45) is 11.8 Å². The van der Waals surface area contributed by atoms with Gasteiger partial charge in [-0.3, -0.25) is 14.3 Å². The van der Waals surface area contributed by atoms with Gasteiger partial charge in [0.05, 0.1) is 17.5 Å². The molecule has 1 amide bonds. The summed E-state index contributed by atoms with van der Waals surface area (Å²) in [5.74, 6) is -2.11. The quantitative estimate of drug-likeness (QED) is 0.844. The molecule has 1 aromatic heterocycles. The molecule has 1 heterocycles. The molecule has 0 saturated carbocycles. The van der Waals surface area contributed by atoms with Crippen molar-refractivity contribution in [1.82, 2.24) is 14.7 Å². The number of allylic oxidation sites excluding steroid dienone is 2. The molecule has 0 unspecified atom stereocenters. The highest BCUT2D eigenvalue weighted by Crippen LogP contribution is 2.28. The SMILES string of the molecule is CCn1nc(C)c(CN(C)C(=O)[C@@H]2CC=CC[C@@H]2C(=O)O)c1C. The Labute approximate surface area is 136 Å². The van der Waals surface area contributed by atoms with E-state index in [1.165, 1.54) is 0 Å². The largest absolute Gasteiger partial charge is 0.481 e. The lowest BCUT2D eigenvalue weighted by Gasteiger charge is -2.28. The molecule has 0 aromatic carbocycles. The number of aliphatic carboxylic acids is 1. The summed E-state index contributed by atoms with van der Waals surface area (Å²) in [6.45, 7) is 7.22. The van der Waals surface area contributed by atoms with E-state index in [9.17, 15) is 14.7 Å². The first-order valence-corrected chi connectivity index (χ1v) is 8.02. The van der Waals surface area contributed by atoms with Crippen LogP contribution in [-0.4, -0.2) is 38.7 Å². The third-order valence-corrected chi connectivity index (χ3v) is 4.67. The summed E-state index contributed by atoms with van der Waals surface area (Å²) < 4.78 is 1.92. The second-order valence-corrected chi connectivity index (χ2v) is 6.15. The second kappa shape index (κ2) is 6.98. The maximum absolute atomic E-state index is 12.7. The maximum atomic E-state index is 12.7. The minimum absolute atomic E-state index is 0.107. The van der Waals surface area contributed by atoms with Crippen molar-refractivity contribution >= 4 is 11.9 Å². The lowest BCUT2D eigenvalue weighted by Crippen LogP contribution is -2.39. The lowest BCUT2D eigenvalue weighted by atomic mass is 9.82. The zero-order valence-corrected chi connectivity index (χ0v) is 14.2. The average molecular weight is 319 g/mol. The van der Waals surface area contributed by atoms with Crippen LogP contribution in [0.1, 0.15) is 36.7 Å². The Kier molecular flexibility index (Phi) is 5.23. The van der Waals surface area contributed by atoms with Crippen molar-refractivity contribution in [2.75, 3.05) is 7.05 Å². The summed E-state index contributed by atoms with van der Waals surface area (Å²) in [6, 6.07) is 0. The van der Waals surface area contributed by atoms with E-state index in [4.69, 9.17) is 0 Å². The van der Waals surface area contributed by atoms with Crippen molar-refractivity contribution in [2.45, 2.75) is 46.7 Å². The average Bonchev–Trinajstić information content (AvgIpc) is 2.81. The summed E-state index contributed by atoms with van der Waals surface area (Å²) in [5, 5.41) is 13.8. The zero-order chi connectivity index (χ0) is 17.1. The van der Waals surface area contributed by atoms with Gasteiger partial charge in [-0.1, -0.05) is 12.2 Å². The van der Waals surface area contributed by atoms with Crippen molar-refractivity contribution < 1.29 is 14.7 Å². The van der Waals surface area contributed by atoms with Gasteiger partial charge in [0.15, 0.2) is 0 Å². The number of hydrogen-bond acceptors (Lipinski definition) is 3. The molecule has 126 valence electrons. The number of aryl methyl sites for hydroxylation is 2. The second-order valence-electron chi connectivity index (χ2n) is 6.15. The van der Waals surface area contributed by atoms with Gasteiger partial charge in [-0.15, -0.1) is 0 Å². The highest BCUT2D eigenvalue weighted by molar-refractivity contribution is 5.85. The van der Waals surface area contributed by atoms with Gasteiger partial charge in [-0.05, 0) is 33.6 Å². The number of amides is 1. The summed E-state index contributed by atoms with van der Waals surface area (Å²) in [7, 11) is 1.74. The highest BCUT2D eigenvalue weighted by atomic mass is 16.4. The summed E-state index contributed by atoms with van der Waals surface area (Å²) in [4.78, 5) is 25.7. The van der Waals surface area contributed by atoms with Crippen LogP contribution in [-0.2, 0) is 22.7 Å². The third-order valence-electron chi connectivity index (χ3n) is 4.67. The van der Waals surface area contributed by atoms with E-state index in [0.717, 1.165) is 23.5 Å². The number of carbonyl (C=O) groups is 2. The maximum Gasteiger partial charge on any atom is 0.307 e. The van der Waals surface area contributed by atoms with Crippen LogP contribution >= 0.6 is 0 Å². The predicted octanol–water partition coefficient (Wildman–Crippen LogP) is 2.15. The van der Waals surface area contributed by atoms with Crippen LogP contribution in [0.15, 0.2) is 12.2 Å². The fourth-order valence-electron chi connectivity index (χ4n) is 3.23. The first kappa shape index (κ1) is 17.2. The first-order chi connectivity index (χ1) is 10.9. The van der Waals surface area contributed by atoms with Gasteiger partial charge >= 0.3 is 5.97 Å². The number of aromatic nitrogens is 2.